The number of benzene rings is 3. The molecular weight excluding hydrogens is 412 g/mol. The minimum absolute atomic E-state index is 0.173. The molecule has 0 radical (unpaired) electrons. The van der Waals surface area contributed by atoms with Crippen molar-refractivity contribution in [3.8, 4) is 28.3 Å². The molecule has 0 spiro atoms. The number of hydrogen-bond donors (Lipinski definition) is 0. The molecule has 0 fully saturated rings. The van der Waals surface area contributed by atoms with Gasteiger partial charge in [-0.1, -0.05) is 72.3 Å². The van der Waals surface area contributed by atoms with E-state index in [0.29, 0.717) is 35.4 Å². The molecule has 0 saturated heterocycles. The summed E-state index contributed by atoms with van der Waals surface area (Å²) in [6.45, 7) is 0.329. The van der Waals surface area contributed by atoms with Crippen LogP contribution in [0.25, 0.3) is 22.5 Å². The third-order valence-electron chi connectivity index (χ3n) is 4.98. The van der Waals surface area contributed by atoms with E-state index in [-0.39, 0.29) is 16.4 Å². The number of hydrogen-bond acceptors (Lipinski definition) is 4. The summed E-state index contributed by atoms with van der Waals surface area (Å²) in [5, 5.41) is 0.209. The molecule has 1 aromatic heterocycles. The number of methoxy groups -OCH3 is 1. The molecule has 154 valence electrons. The highest BCUT2D eigenvalue weighted by atomic mass is 35.5. The topological polar surface area (TPSA) is 61.2 Å². The molecule has 0 atom stereocenters. The van der Waals surface area contributed by atoms with Gasteiger partial charge in [-0.2, -0.15) is 0 Å². The zero-order valence-corrected chi connectivity index (χ0v) is 17.5. The highest BCUT2D eigenvalue weighted by Crippen LogP contribution is 2.29. The predicted molar refractivity (Wildman–Crippen MR) is 122 cm³/mol. The minimum Gasteiger partial charge on any atom is -0.496 e. The van der Waals surface area contributed by atoms with Crippen LogP contribution in [-0.4, -0.2) is 22.9 Å². The summed E-state index contributed by atoms with van der Waals surface area (Å²) in [5.41, 5.74) is 3.00. The van der Waals surface area contributed by atoms with Crippen molar-refractivity contribution < 1.29 is 9.53 Å². The maximum absolute atomic E-state index is 13.6. The van der Waals surface area contributed by atoms with Crippen molar-refractivity contribution in [3.63, 3.8) is 0 Å². The number of carbonyl (C=O) groups excluding carboxylic acids is 1. The van der Waals surface area contributed by atoms with Crippen molar-refractivity contribution in [1.82, 2.24) is 9.55 Å². The number of ether oxygens (including phenoxy) is 1. The Balaban J connectivity index is 1.95. The Morgan fingerprint density at radius 2 is 1.65 bits per heavy atom. The van der Waals surface area contributed by atoms with Gasteiger partial charge < -0.3 is 4.74 Å². The van der Waals surface area contributed by atoms with Crippen LogP contribution in [0.5, 0.6) is 5.75 Å². The van der Waals surface area contributed by atoms with Crippen molar-refractivity contribution in [2.75, 3.05) is 7.11 Å². The molecule has 0 aliphatic rings. The van der Waals surface area contributed by atoms with Gasteiger partial charge in [-0.05, 0) is 23.8 Å². The van der Waals surface area contributed by atoms with Crippen LogP contribution in [-0.2, 0) is 6.54 Å². The van der Waals surface area contributed by atoms with Crippen LogP contribution in [0.1, 0.15) is 15.9 Å². The first-order valence-corrected chi connectivity index (χ1v) is 10.0. The van der Waals surface area contributed by atoms with Gasteiger partial charge >= 0.3 is 0 Å². The van der Waals surface area contributed by atoms with E-state index in [0.717, 1.165) is 11.1 Å². The lowest BCUT2D eigenvalue weighted by molar-refractivity contribution is 0.112. The largest absolute Gasteiger partial charge is 0.496 e. The van der Waals surface area contributed by atoms with Crippen LogP contribution in [0.4, 0.5) is 0 Å². The Morgan fingerprint density at radius 3 is 2.29 bits per heavy atom. The van der Waals surface area contributed by atoms with Crippen molar-refractivity contribution in [2.45, 2.75) is 6.54 Å². The second-order valence-electron chi connectivity index (χ2n) is 6.92. The second-order valence-corrected chi connectivity index (χ2v) is 7.28. The molecule has 5 nitrogen and oxygen atoms in total. The Labute approximate surface area is 184 Å². The second kappa shape index (κ2) is 8.98. The fourth-order valence-corrected chi connectivity index (χ4v) is 3.78. The summed E-state index contributed by atoms with van der Waals surface area (Å²) in [4.78, 5) is 29.5. The third-order valence-corrected chi connectivity index (χ3v) is 5.25. The Hall–Kier alpha value is -3.70. The van der Waals surface area contributed by atoms with Gasteiger partial charge in [-0.25, -0.2) is 4.98 Å². The van der Waals surface area contributed by atoms with E-state index < -0.39 is 0 Å². The van der Waals surface area contributed by atoms with E-state index >= 15 is 0 Å². The summed E-state index contributed by atoms with van der Waals surface area (Å²) in [5.74, 6) is 0.426. The average Bonchev–Trinajstić information content (AvgIpc) is 2.82. The molecule has 4 aromatic rings. The molecule has 3 aromatic carbocycles. The smallest absolute Gasteiger partial charge is 0.277 e. The summed E-state index contributed by atoms with van der Waals surface area (Å²) in [6, 6.07) is 24.0. The SMILES string of the molecule is COc1ccc(-c2nc(Cl)c(-c3ccccc3)n(Cc3ccccc3)c2=O)cc1C=O. The monoisotopic (exact) mass is 430 g/mol. The summed E-state index contributed by atoms with van der Waals surface area (Å²) < 4.78 is 6.82. The van der Waals surface area contributed by atoms with Crippen LogP contribution in [0.15, 0.2) is 83.7 Å². The van der Waals surface area contributed by atoms with Crippen LogP contribution >= 0.6 is 11.6 Å². The van der Waals surface area contributed by atoms with Crippen LogP contribution < -0.4 is 10.3 Å². The first kappa shape index (κ1) is 20.6. The first-order valence-electron chi connectivity index (χ1n) is 9.65. The molecule has 31 heavy (non-hydrogen) atoms. The van der Waals surface area contributed by atoms with E-state index in [4.69, 9.17) is 16.3 Å². The van der Waals surface area contributed by atoms with Gasteiger partial charge in [0.2, 0.25) is 0 Å². The number of aldehydes is 1. The van der Waals surface area contributed by atoms with Crippen molar-refractivity contribution in [3.05, 3.63) is 105 Å². The minimum atomic E-state index is -0.297. The Morgan fingerprint density at radius 1 is 0.968 bits per heavy atom. The zero-order valence-electron chi connectivity index (χ0n) is 16.8. The lowest BCUT2D eigenvalue weighted by Gasteiger charge is -2.17. The number of aromatic nitrogens is 2. The lowest BCUT2D eigenvalue weighted by Crippen LogP contribution is -2.26. The molecule has 0 aliphatic heterocycles. The lowest BCUT2D eigenvalue weighted by atomic mass is 10.1. The van der Waals surface area contributed by atoms with E-state index in [1.807, 2.05) is 60.7 Å². The molecule has 0 N–H and O–H groups in total. The van der Waals surface area contributed by atoms with Gasteiger partial charge in [-0.3, -0.25) is 14.2 Å². The average molecular weight is 431 g/mol. The fourth-order valence-electron chi connectivity index (χ4n) is 3.49. The van der Waals surface area contributed by atoms with E-state index in [9.17, 15) is 9.59 Å². The van der Waals surface area contributed by atoms with Gasteiger partial charge in [-0.15, -0.1) is 0 Å². The first-order chi connectivity index (χ1) is 15.1. The number of nitrogens with zero attached hydrogens (tertiary/aromatic N) is 2. The van der Waals surface area contributed by atoms with Gasteiger partial charge in [0, 0.05) is 11.1 Å². The molecule has 0 amide bonds. The molecule has 0 unspecified atom stereocenters. The maximum atomic E-state index is 13.6. The number of halogens is 1. The van der Waals surface area contributed by atoms with Gasteiger partial charge in [0.1, 0.15) is 11.4 Å². The standard InChI is InChI=1S/C25H19ClN2O3/c1-31-21-13-12-19(14-20(21)16-29)22-25(30)28(15-17-8-4-2-5-9-17)23(24(26)27-22)18-10-6-3-7-11-18/h2-14,16H,15H2,1H3. The molecular formula is C25H19ClN2O3. The molecule has 1 heterocycles. The summed E-state index contributed by atoms with van der Waals surface area (Å²) in [6.07, 6.45) is 0.685. The van der Waals surface area contributed by atoms with Crippen molar-refractivity contribution in [2.24, 2.45) is 0 Å². The van der Waals surface area contributed by atoms with Crippen molar-refractivity contribution in [1.29, 1.82) is 0 Å². The van der Waals surface area contributed by atoms with E-state index in [2.05, 4.69) is 4.98 Å². The fraction of sp³-hybridized carbons (Fsp3) is 0.0800. The highest BCUT2D eigenvalue weighted by molar-refractivity contribution is 6.32. The van der Waals surface area contributed by atoms with E-state index in [1.165, 1.54) is 7.11 Å². The van der Waals surface area contributed by atoms with Gasteiger partial charge in [0.05, 0.1) is 24.9 Å². The van der Waals surface area contributed by atoms with Crippen molar-refractivity contribution >= 4 is 17.9 Å². The zero-order chi connectivity index (χ0) is 21.8. The quantitative estimate of drug-likeness (QED) is 0.399. The predicted octanol–water partition coefficient (Wildman–Crippen LogP) is 5.10. The van der Waals surface area contributed by atoms with Gasteiger partial charge in [0.15, 0.2) is 11.4 Å². The summed E-state index contributed by atoms with van der Waals surface area (Å²) >= 11 is 6.62. The maximum Gasteiger partial charge on any atom is 0.277 e. The molecule has 4 rings (SSSR count). The van der Waals surface area contributed by atoms with Gasteiger partial charge in [0.25, 0.3) is 5.56 Å². The highest BCUT2D eigenvalue weighted by Gasteiger charge is 2.19. The van der Waals surface area contributed by atoms with Crippen LogP contribution in [0.2, 0.25) is 5.15 Å². The molecule has 6 heteroatoms. The molecule has 0 aliphatic carbocycles. The normalized spacial score (nSPS) is 10.6. The Kier molecular flexibility index (Phi) is 5.96. The van der Waals surface area contributed by atoms with E-state index in [1.54, 1.807) is 22.8 Å². The Bertz CT molecular complexity index is 1290. The molecule has 0 bridgehead atoms. The molecule has 0 saturated carbocycles. The van der Waals surface area contributed by atoms with Crippen LogP contribution in [0, 0.1) is 0 Å². The summed E-state index contributed by atoms with van der Waals surface area (Å²) in [7, 11) is 1.48. The number of carbonyl (C=O) groups is 1. The third kappa shape index (κ3) is 4.13. The number of rotatable bonds is 6. The van der Waals surface area contributed by atoms with Crippen LogP contribution in [0.3, 0.4) is 0 Å².